The second kappa shape index (κ2) is 15.6. The first kappa shape index (κ1) is 28.9. The van der Waals surface area contributed by atoms with Gasteiger partial charge in [-0.2, -0.15) is 0 Å². The Balaban J connectivity index is 0.00000171. The molecule has 0 N–H and O–H groups in total. The standard InChI is InChI=1S/C27H26P2.2ClH.Fe/c1-5-14-24(15-6-1)28(25-16-7-2-8-17-25)22-13-23-29(26-18-9-3-10-19-26)27-20-11-4-12-21-27;;;/h1-12,14-21H,13,22-23H2;2*1H;/q;;;+2/p-2. The van der Waals surface area contributed by atoms with E-state index in [4.69, 9.17) is 0 Å². The maximum Gasteiger partial charge on any atom is 2.00 e. The van der Waals surface area contributed by atoms with Gasteiger partial charge in [0.05, 0.1) is 0 Å². The van der Waals surface area contributed by atoms with Crippen molar-refractivity contribution in [1.29, 1.82) is 0 Å². The van der Waals surface area contributed by atoms with Crippen LogP contribution in [0.3, 0.4) is 0 Å². The molecular weight excluding hydrogens is 513 g/mol. The van der Waals surface area contributed by atoms with Crippen LogP contribution in [0.4, 0.5) is 0 Å². The molecule has 0 aromatic heterocycles. The van der Waals surface area contributed by atoms with Gasteiger partial charge in [-0.1, -0.05) is 121 Å². The Hall–Kier alpha value is -1.16. The fourth-order valence-corrected chi connectivity index (χ4v) is 8.59. The van der Waals surface area contributed by atoms with Crippen LogP contribution in [-0.4, -0.2) is 12.3 Å². The molecule has 0 aliphatic heterocycles. The molecule has 0 fully saturated rings. The molecule has 4 aromatic carbocycles. The van der Waals surface area contributed by atoms with Crippen LogP contribution in [0, 0.1) is 0 Å². The van der Waals surface area contributed by atoms with Crippen molar-refractivity contribution in [2.24, 2.45) is 0 Å². The monoisotopic (exact) mass is 538 g/mol. The molecule has 0 bridgehead atoms. The third kappa shape index (κ3) is 8.01. The number of hydrogen-bond donors (Lipinski definition) is 0. The number of benzene rings is 4. The minimum Gasteiger partial charge on any atom is -1.00 e. The van der Waals surface area contributed by atoms with E-state index in [2.05, 4.69) is 121 Å². The van der Waals surface area contributed by atoms with Gasteiger partial charge in [0, 0.05) is 0 Å². The van der Waals surface area contributed by atoms with E-state index in [1.807, 2.05) is 0 Å². The van der Waals surface area contributed by atoms with Gasteiger partial charge in [0.25, 0.3) is 0 Å². The second-order valence-electron chi connectivity index (χ2n) is 7.00. The van der Waals surface area contributed by atoms with Crippen LogP contribution >= 0.6 is 15.8 Å². The first-order valence-corrected chi connectivity index (χ1v) is 13.2. The van der Waals surface area contributed by atoms with E-state index >= 15 is 0 Å². The van der Waals surface area contributed by atoms with Gasteiger partial charge >= 0.3 is 17.1 Å². The van der Waals surface area contributed by atoms with Crippen molar-refractivity contribution >= 4 is 37.1 Å². The van der Waals surface area contributed by atoms with Crippen molar-refractivity contribution in [2.75, 3.05) is 12.3 Å². The molecular formula is C27H26Cl2FeP2. The van der Waals surface area contributed by atoms with E-state index in [1.54, 1.807) is 0 Å². The van der Waals surface area contributed by atoms with Crippen LogP contribution in [0.2, 0.25) is 0 Å². The predicted octanol–water partition coefficient (Wildman–Crippen LogP) is -0.352. The van der Waals surface area contributed by atoms with Crippen LogP contribution < -0.4 is 46.0 Å². The zero-order chi connectivity index (χ0) is 19.7. The second-order valence-corrected chi connectivity index (χ2v) is 11.7. The molecule has 0 heterocycles. The normalized spacial score (nSPS) is 10.1. The molecule has 32 heavy (non-hydrogen) atoms. The molecule has 0 atom stereocenters. The van der Waals surface area contributed by atoms with Gasteiger partial charge in [0.15, 0.2) is 0 Å². The van der Waals surface area contributed by atoms with E-state index < -0.39 is 0 Å². The van der Waals surface area contributed by atoms with Crippen LogP contribution in [0.15, 0.2) is 121 Å². The predicted molar refractivity (Wildman–Crippen MR) is 132 cm³/mol. The summed E-state index contributed by atoms with van der Waals surface area (Å²) in [6, 6.07) is 44.3. The van der Waals surface area contributed by atoms with Gasteiger partial charge < -0.3 is 24.8 Å². The van der Waals surface area contributed by atoms with Crippen LogP contribution in [0.5, 0.6) is 0 Å². The molecule has 5 heteroatoms. The van der Waals surface area contributed by atoms with E-state index in [0.29, 0.717) is 0 Å². The molecule has 0 aliphatic rings. The van der Waals surface area contributed by atoms with Crippen molar-refractivity contribution in [3.8, 4) is 0 Å². The van der Waals surface area contributed by atoms with Crippen molar-refractivity contribution in [2.45, 2.75) is 6.42 Å². The summed E-state index contributed by atoms with van der Waals surface area (Å²) < 4.78 is 0. The van der Waals surface area contributed by atoms with Crippen molar-refractivity contribution < 1.29 is 41.9 Å². The largest absolute Gasteiger partial charge is 2.00 e. The quantitative estimate of drug-likeness (QED) is 0.212. The summed E-state index contributed by atoms with van der Waals surface area (Å²) in [5.41, 5.74) is 0. The molecule has 166 valence electrons. The summed E-state index contributed by atoms with van der Waals surface area (Å²) in [7, 11) is -0.618. The Bertz CT molecular complexity index is 825. The number of hydrogen-bond acceptors (Lipinski definition) is 0. The Morgan fingerprint density at radius 1 is 0.375 bits per heavy atom. The topological polar surface area (TPSA) is 0 Å². The van der Waals surface area contributed by atoms with Gasteiger partial charge in [-0.05, 0) is 55.8 Å². The molecule has 0 saturated carbocycles. The van der Waals surface area contributed by atoms with E-state index in [-0.39, 0.29) is 57.7 Å². The van der Waals surface area contributed by atoms with Crippen molar-refractivity contribution in [3.63, 3.8) is 0 Å². The molecule has 0 saturated heterocycles. The van der Waals surface area contributed by atoms with Crippen molar-refractivity contribution in [3.05, 3.63) is 121 Å². The molecule has 0 nitrogen and oxygen atoms in total. The van der Waals surface area contributed by atoms with E-state index in [1.165, 1.54) is 40.0 Å². The van der Waals surface area contributed by atoms with E-state index in [0.717, 1.165) is 0 Å². The molecule has 0 amide bonds. The maximum atomic E-state index is 2.30. The van der Waals surface area contributed by atoms with Gasteiger partial charge in [0.2, 0.25) is 0 Å². The Labute approximate surface area is 218 Å². The smallest absolute Gasteiger partial charge is 1.00 e. The van der Waals surface area contributed by atoms with Gasteiger partial charge in [-0.25, -0.2) is 0 Å². The minimum absolute atomic E-state index is 0. The molecule has 0 unspecified atom stereocenters. The zero-order valence-electron chi connectivity index (χ0n) is 17.7. The Morgan fingerprint density at radius 3 is 0.812 bits per heavy atom. The first-order chi connectivity index (χ1) is 14.4. The fraction of sp³-hybridized carbons (Fsp3) is 0.111. The zero-order valence-corrected chi connectivity index (χ0v) is 22.1. The Morgan fingerprint density at radius 2 is 0.594 bits per heavy atom. The van der Waals surface area contributed by atoms with Crippen LogP contribution in [0.25, 0.3) is 0 Å². The van der Waals surface area contributed by atoms with Crippen LogP contribution in [-0.2, 0) is 17.1 Å². The average Bonchev–Trinajstić information content (AvgIpc) is 2.81. The van der Waals surface area contributed by atoms with Gasteiger partial charge in [-0.15, -0.1) is 0 Å². The summed E-state index contributed by atoms with van der Waals surface area (Å²) in [4.78, 5) is 0. The number of halogens is 2. The fourth-order valence-electron chi connectivity index (χ4n) is 3.63. The summed E-state index contributed by atoms with van der Waals surface area (Å²) >= 11 is 0. The van der Waals surface area contributed by atoms with E-state index in [9.17, 15) is 0 Å². The summed E-state index contributed by atoms with van der Waals surface area (Å²) in [6.45, 7) is 0. The van der Waals surface area contributed by atoms with Crippen molar-refractivity contribution in [1.82, 2.24) is 0 Å². The third-order valence-corrected chi connectivity index (χ3v) is 10.2. The summed E-state index contributed by atoms with van der Waals surface area (Å²) in [5, 5.41) is 5.94. The molecule has 4 aromatic rings. The third-order valence-electron chi connectivity index (χ3n) is 5.03. The Kier molecular flexibility index (Phi) is 14.1. The first-order valence-electron chi connectivity index (χ1n) is 10.2. The van der Waals surface area contributed by atoms with Crippen LogP contribution in [0.1, 0.15) is 6.42 Å². The minimum atomic E-state index is -0.309. The van der Waals surface area contributed by atoms with Gasteiger partial charge in [-0.3, -0.25) is 0 Å². The summed E-state index contributed by atoms with van der Waals surface area (Å²) in [5.74, 6) is 0. The number of rotatable bonds is 8. The summed E-state index contributed by atoms with van der Waals surface area (Å²) in [6.07, 6.45) is 3.72. The average molecular weight is 539 g/mol. The molecule has 0 aliphatic carbocycles. The molecule has 4 rings (SSSR count). The van der Waals surface area contributed by atoms with Gasteiger partial charge in [0.1, 0.15) is 0 Å². The molecule has 0 spiro atoms. The maximum absolute atomic E-state index is 2.30. The molecule has 0 radical (unpaired) electrons. The SMILES string of the molecule is [Cl-].[Cl-].[Fe+2].c1ccc(P(CCCP(c2ccccc2)c2ccccc2)c2ccccc2)cc1.